The summed E-state index contributed by atoms with van der Waals surface area (Å²) < 4.78 is 94.5. The number of hydrogen-bond acceptors (Lipinski definition) is 8. The number of methoxy groups -OCH3 is 1. The molecule has 0 bridgehead atoms. The molecule has 8 nitrogen and oxygen atoms in total. The number of rotatable bonds is 8. The SMILES string of the molecule is COc1cc(OCc2sc(-c3ccc(C(F)(F)F)cc3)nc2CN2CCC(C(F)(F)F)CC2)ccc1-c1noc(=O)[nH]1. The second-order valence-electron chi connectivity index (χ2n) is 9.65. The third-order valence-electron chi connectivity index (χ3n) is 6.90. The summed E-state index contributed by atoms with van der Waals surface area (Å²) in [6, 6.07) is 9.46. The molecule has 2 aromatic carbocycles. The molecular weight excluding hydrogens is 590 g/mol. The van der Waals surface area contributed by atoms with Crippen molar-refractivity contribution in [1.29, 1.82) is 0 Å². The molecule has 0 spiro atoms. The average Bonchev–Trinajstić information content (AvgIpc) is 3.57. The first kappa shape index (κ1) is 29.6. The summed E-state index contributed by atoms with van der Waals surface area (Å²) in [6.07, 6.45) is -8.75. The fraction of sp³-hybridized carbons (Fsp3) is 0.370. The number of hydrogen-bond donors (Lipinski definition) is 1. The molecule has 42 heavy (non-hydrogen) atoms. The lowest BCUT2D eigenvalue weighted by Crippen LogP contribution is -2.38. The number of thiazole rings is 1. The molecule has 1 N–H and O–H groups in total. The van der Waals surface area contributed by atoms with E-state index in [1.165, 1.54) is 30.6 Å². The van der Waals surface area contributed by atoms with Crippen LogP contribution in [-0.2, 0) is 19.3 Å². The average molecular weight is 615 g/mol. The number of likely N-dealkylation sites (tertiary alicyclic amines) is 1. The third-order valence-corrected chi connectivity index (χ3v) is 8.02. The second-order valence-corrected chi connectivity index (χ2v) is 10.7. The minimum absolute atomic E-state index is 0.0197. The number of benzene rings is 2. The van der Waals surface area contributed by atoms with Gasteiger partial charge in [-0.25, -0.2) is 9.78 Å². The molecule has 2 aromatic heterocycles. The number of ether oxygens (including phenoxy) is 2. The number of nitrogens with one attached hydrogen (secondary N) is 1. The van der Waals surface area contributed by atoms with Crippen molar-refractivity contribution in [3.05, 3.63) is 69.1 Å². The Morgan fingerprint density at radius 3 is 2.38 bits per heavy atom. The number of alkyl halides is 6. The van der Waals surface area contributed by atoms with Gasteiger partial charge in [0.2, 0.25) is 0 Å². The number of halogens is 6. The minimum atomic E-state index is -4.48. The number of aromatic amines is 1. The normalized spacial score (nSPS) is 15.2. The zero-order chi connectivity index (χ0) is 30.1. The van der Waals surface area contributed by atoms with Crippen LogP contribution in [0.3, 0.4) is 0 Å². The monoisotopic (exact) mass is 614 g/mol. The van der Waals surface area contributed by atoms with Crippen molar-refractivity contribution in [3.8, 4) is 33.5 Å². The highest BCUT2D eigenvalue weighted by Gasteiger charge is 2.41. The minimum Gasteiger partial charge on any atom is -0.496 e. The molecule has 0 atom stereocenters. The Balaban J connectivity index is 1.37. The summed E-state index contributed by atoms with van der Waals surface area (Å²) in [5.41, 5.74) is 0.722. The molecule has 0 aliphatic carbocycles. The molecule has 1 fully saturated rings. The largest absolute Gasteiger partial charge is 0.496 e. The van der Waals surface area contributed by atoms with Gasteiger partial charge in [0, 0.05) is 18.2 Å². The first-order valence-corrected chi connectivity index (χ1v) is 13.5. The van der Waals surface area contributed by atoms with E-state index in [1.807, 2.05) is 4.90 Å². The molecule has 1 saturated heterocycles. The van der Waals surface area contributed by atoms with Crippen LogP contribution in [0.1, 0.15) is 29.0 Å². The number of aromatic nitrogens is 3. The predicted octanol–water partition coefficient (Wildman–Crippen LogP) is 6.53. The summed E-state index contributed by atoms with van der Waals surface area (Å²) in [7, 11) is 1.43. The highest BCUT2D eigenvalue weighted by molar-refractivity contribution is 7.15. The standard InChI is InChI=1S/C27H24F6N4O4S/c1-39-21-12-18(6-7-19(21)23-35-25(38)41-36-23)40-14-22-20(13-37-10-8-17(9-11-37)27(31,32)33)34-24(42-22)15-2-4-16(5-3-15)26(28,29)30/h2-7,12,17H,8-11,13-14H2,1H3,(H,35,36,38). The van der Waals surface area contributed by atoms with E-state index in [0.29, 0.717) is 38.2 Å². The topological polar surface area (TPSA) is 93.5 Å². The maximum absolute atomic E-state index is 13.1. The third kappa shape index (κ3) is 6.78. The molecule has 1 aliphatic rings. The van der Waals surface area contributed by atoms with Crippen molar-refractivity contribution in [2.45, 2.75) is 38.3 Å². The molecule has 5 rings (SSSR count). The molecule has 0 amide bonds. The van der Waals surface area contributed by atoms with Gasteiger partial charge in [0.15, 0.2) is 5.82 Å². The van der Waals surface area contributed by atoms with Crippen LogP contribution in [0, 0.1) is 5.92 Å². The number of piperidine rings is 1. The van der Waals surface area contributed by atoms with Crippen molar-refractivity contribution >= 4 is 11.3 Å². The Kier molecular flexibility index (Phi) is 8.32. The quantitative estimate of drug-likeness (QED) is 0.226. The first-order chi connectivity index (χ1) is 19.9. The Bertz CT molecular complexity index is 1570. The summed E-state index contributed by atoms with van der Waals surface area (Å²) >= 11 is 1.23. The summed E-state index contributed by atoms with van der Waals surface area (Å²) in [4.78, 5) is 21.0. The zero-order valence-electron chi connectivity index (χ0n) is 22.0. The smallest absolute Gasteiger partial charge is 0.439 e. The number of nitrogens with zero attached hydrogens (tertiary/aromatic N) is 3. The van der Waals surface area contributed by atoms with Crippen molar-refractivity contribution in [1.82, 2.24) is 20.0 Å². The van der Waals surface area contributed by atoms with Gasteiger partial charge >= 0.3 is 18.1 Å². The number of H-pyrrole nitrogens is 1. The maximum atomic E-state index is 13.1. The highest BCUT2D eigenvalue weighted by Crippen LogP contribution is 2.37. The maximum Gasteiger partial charge on any atom is 0.439 e. The van der Waals surface area contributed by atoms with E-state index in [2.05, 4.69) is 19.6 Å². The lowest BCUT2D eigenvalue weighted by atomic mass is 9.96. The molecular formula is C27H24F6N4O4S. The van der Waals surface area contributed by atoms with Crippen LogP contribution in [0.5, 0.6) is 11.5 Å². The Hall–Kier alpha value is -3.85. The Morgan fingerprint density at radius 2 is 1.79 bits per heavy atom. The predicted molar refractivity (Wildman–Crippen MR) is 140 cm³/mol. The summed E-state index contributed by atoms with van der Waals surface area (Å²) in [6.45, 7) is 0.777. The fourth-order valence-electron chi connectivity index (χ4n) is 4.63. The van der Waals surface area contributed by atoms with Crippen molar-refractivity contribution in [2.24, 2.45) is 5.92 Å². The van der Waals surface area contributed by atoms with Crippen LogP contribution in [0.2, 0.25) is 0 Å². The van der Waals surface area contributed by atoms with Crippen molar-refractivity contribution in [2.75, 3.05) is 20.2 Å². The van der Waals surface area contributed by atoms with Crippen LogP contribution in [-0.4, -0.2) is 46.4 Å². The zero-order valence-corrected chi connectivity index (χ0v) is 22.8. The van der Waals surface area contributed by atoms with E-state index >= 15 is 0 Å². The van der Waals surface area contributed by atoms with Gasteiger partial charge in [-0.1, -0.05) is 17.3 Å². The summed E-state index contributed by atoms with van der Waals surface area (Å²) in [5, 5.41) is 4.12. The van der Waals surface area contributed by atoms with Crippen LogP contribution >= 0.6 is 11.3 Å². The van der Waals surface area contributed by atoms with Gasteiger partial charge in [-0.05, 0) is 50.2 Å². The molecule has 224 valence electrons. The van der Waals surface area contributed by atoms with E-state index in [0.717, 1.165) is 12.1 Å². The van der Waals surface area contributed by atoms with Gasteiger partial charge in [0.1, 0.15) is 23.1 Å². The van der Waals surface area contributed by atoms with Crippen LogP contribution in [0.4, 0.5) is 26.3 Å². The van der Waals surface area contributed by atoms with Crippen molar-refractivity contribution in [3.63, 3.8) is 0 Å². The first-order valence-electron chi connectivity index (χ1n) is 12.7. The van der Waals surface area contributed by atoms with E-state index < -0.39 is 29.6 Å². The van der Waals surface area contributed by atoms with Gasteiger partial charge in [-0.2, -0.15) is 26.3 Å². The molecule has 0 saturated carbocycles. The van der Waals surface area contributed by atoms with Crippen LogP contribution in [0.15, 0.2) is 51.8 Å². The molecule has 15 heteroatoms. The van der Waals surface area contributed by atoms with Crippen molar-refractivity contribution < 1.29 is 40.3 Å². The molecule has 4 aromatic rings. The Morgan fingerprint density at radius 1 is 1.07 bits per heavy atom. The molecule has 3 heterocycles. The van der Waals surface area contributed by atoms with Gasteiger partial charge in [0.05, 0.1) is 34.7 Å². The van der Waals surface area contributed by atoms with Gasteiger partial charge in [0.25, 0.3) is 0 Å². The van der Waals surface area contributed by atoms with Gasteiger partial charge < -0.3 is 9.47 Å². The lowest BCUT2D eigenvalue weighted by Gasteiger charge is -2.32. The van der Waals surface area contributed by atoms with E-state index in [9.17, 15) is 31.1 Å². The summed E-state index contributed by atoms with van der Waals surface area (Å²) in [5.74, 6) is -1.15. The highest BCUT2D eigenvalue weighted by atomic mass is 32.1. The van der Waals surface area contributed by atoms with Crippen LogP contribution < -0.4 is 15.2 Å². The van der Waals surface area contributed by atoms with Gasteiger partial charge in [-0.3, -0.25) is 14.4 Å². The second kappa shape index (κ2) is 11.8. The molecule has 1 aliphatic heterocycles. The van der Waals surface area contributed by atoms with Crippen LogP contribution in [0.25, 0.3) is 22.0 Å². The van der Waals surface area contributed by atoms with E-state index in [1.54, 1.807) is 18.2 Å². The van der Waals surface area contributed by atoms with Gasteiger partial charge in [-0.15, -0.1) is 11.3 Å². The molecule has 0 unspecified atom stereocenters. The fourth-order valence-corrected chi connectivity index (χ4v) is 5.62. The lowest BCUT2D eigenvalue weighted by molar-refractivity contribution is -0.185. The van der Waals surface area contributed by atoms with E-state index in [4.69, 9.17) is 9.47 Å². The molecule has 0 radical (unpaired) electrons. The Labute approximate surface area is 238 Å². The van der Waals surface area contributed by atoms with E-state index in [-0.39, 0.29) is 44.9 Å².